The highest BCUT2D eigenvalue weighted by molar-refractivity contribution is 5.96. The largest absolute Gasteiger partial charge is 0.474 e. The van der Waals surface area contributed by atoms with Crippen molar-refractivity contribution in [2.45, 2.75) is 20.8 Å². The summed E-state index contributed by atoms with van der Waals surface area (Å²) in [6.07, 6.45) is 1.56. The normalized spacial score (nSPS) is 12.4. The summed E-state index contributed by atoms with van der Waals surface area (Å²) in [4.78, 5) is 15.9. The third-order valence-electron chi connectivity index (χ3n) is 4.58. The molecule has 0 N–H and O–H groups in total. The van der Waals surface area contributed by atoms with Crippen LogP contribution >= 0.6 is 0 Å². The number of Topliss-reactive ketones (excluding diaryl/α,β-unsaturated/α-hetero) is 1. The number of benzene rings is 1. The molecule has 3 rings (SSSR count). The van der Waals surface area contributed by atoms with Gasteiger partial charge in [0.1, 0.15) is 6.61 Å². The first-order chi connectivity index (χ1) is 12.5. The summed E-state index contributed by atoms with van der Waals surface area (Å²) in [6.45, 7) is 9.09. The van der Waals surface area contributed by atoms with Crippen molar-refractivity contribution in [1.29, 1.82) is 0 Å². The molecule has 138 valence electrons. The van der Waals surface area contributed by atoms with Crippen molar-refractivity contribution in [2.75, 3.05) is 38.2 Å². The molecule has 0 unspecified atom stereocenters. The maximum atomic E-state index is 11.6. The maximum absolute atomic E-state index is 11.6. The van der Waals surface area contributed by atoms with Crippen LogP contribution in [-0.4, -0.2) is 54.2 Å². The van der Waals surface area contributed by atoms with E-state index in [1.54, 1.807) is 18.3 Å². The van der Waals surface area contributed by atoms with Crippen LogP contribution in [0.4, 0.5) is 11.4 Å². The molecule has 0 amide bonds. The predicted octanol–water partition coefficient (Wildman–Crippen LogP) is 3.27. The van der Waals surface area contributed by atoms with Crippen LogP contribution in [0, 0.1) is 0 Å². The van der Waals surface area contributed by atoms with Crippen LogP contribution in [0.15, 0.2) is 24.4 Å². The minimum atomic E-state index is -0.00173. The Morgan fingerprint density at radius 2 is 2.04 bits per heavy atom. The number of fused-ring (bicyclic) bond motifs is 2. The predicted molar refractivity (Wildman–Crippen MR) is 99.9 cm³/mol. The summed E-state index contributed by atoms with van der Waals surface area (Å²) in [6, 6.07) is 5.41. The molecule has 0 saturated carbocycles. The molecular formula is C19H24N4O3. The number of anilines is 2. The number of hydrogen-bond acceptors (Lipinski definition) is 7. The number of carbonyl (C=O) groups is 1. The number of likely N-dealkylation sites (N-methyl/N-ethyl adjacent to an activating group) is 1. The minimum Gasteiger partial charge on any atom is -0.474 e. The second-order valence-corrected chi connectivity index (χ2v) is 6.14. The molecule has 7 heteroatoms. The van der Waals surface area contributed by atoms with Gasteiger partial charge in [0.05, 0.1) is 11.9 Å². The molecule has 1 aromatic carbocycles. The van der Waals surface area contributed by atoms with E-state index < -0.39 is 0 Å². The first kappa shape index (κ1) is 18.1. The van der Waals surface area contributed by atoms with E-state index in [1.165, 1.54) is 6.92 Å². The quantitative estimate of drug-likeness (QED) is 0.705. The fourth-order valence-electron chi connectivity index (χ4n) is 2.97. The molecule has 1 aromatic heterocycles. The second-order valence-electron chi connectivity index (χ2n) is 6.14. The van der Waals surface area contributed by atoms with Crippen LogP contribution in [0.2, 0.25) is 0 Å². The molecular weight excluding hydrogens is 332 g/mol. The van der Waals surface area contributed by atoms with Gasteiger partial charge in [0, 0.05) is 19.2 Å². The highest BCUT2D eigenvalue weighted by Crippen LogP contribution is 2.48. The topological polar surface area (TPSA) is 67.8 Å². The summed E-state index contributed by atoms with van der Waals surface area (Å²) in [5, 5.41) is 8.14. The number of ketones is 1. The minimum absolute atomic E-state index is 0.00173. The average Bonchev–Trinajstić information content (AvgIpc) is 2.64. The van der Waals surface area contributed by atoms with Gasteiger partial charge in [-0.1, -0.05) is 13.8 Å². The Bertz CT molecular complexity index is 805. The number of rotatable bonds is 7. The Kier molecular flexibility index (Phi) is 5.37. The van der Waals surface area contributed by atoms with E-state index in [0.717, 1.165) is 31.0 Å². The zero-order valence-corrected chi connectivity index (χ0v) is 15.7. The molecule has 2 heterocycles. The van der Waals surface area contributed by atoms with E-state index in [-0.39, 0.29) is 5.78 Å². The SMILES string of the molecule is CCN(CC)CCOc1nncc2c1N(C)c1ccc(C(C)=O)cc1O2. The molecule has 0 bridgehead atoms. The van der Waals surface area contributed by atoms with Crippen LogP contribution in [0.1, 0.15) is 31.1 Å². The summed E-state index contributed by atoms with van der Waals surface area (Å²) >= 11 is 0. The molecule has 0 atom stereocenters. The highest BCUT2D eigenvalue weighted by Gasteiger charge is 2.27. The lowest BCUT2D eigenvalue weighted by molar-refractivity contribution is 0.101. The fourth-order valence-corrected chi connectivity index (χ4v) is 2.97. The molecule has 0 saturated heterocycles. The molecule has 0 fully saturated rings. The Morgan fingerprint density at radius 3 is 2.73 bits per heavy atom. The van der Waals surface area contributed by atoms with E-state index >= 15 is 0 Å². The Hall–Kier alpha value is -2.67. The molecule has 0 spiro atoms. The third-order valence-corrected chi connectivity index (χ3v) is 4.58. The van der Waals surface area contributed by atoms with Gasteiger partial charge in [0.15, 0.2) is 23.0 Å². The van der Waals surface area contributed by atoms with Gasteiger partial charge in [-0.3, -0.25) is 4.79 Å². The average molecular weight is 356 g/mol. The van der Waals surface area contributed by atoms with Crippen molar-refractivity contribution in [3.63, 3.8) is 0 Å². The van der Waals surface area contributed by atoms with Crippen LogP contribution < -0.4 is 14.4 Å². The van der Waals surface area contributed by atoms with Crippen molar-refractivity contribution in [3.8, 4) is 17.4 Å². The van der Waals surface area contributed by atoms with E-state index in [2.05, 4.69) is 28.9 Å². The van der Waals surface area contributed by atoms with E-state index in [9.17, 15) is 4.79 Å². The van der Waals surface area contributed by atoms with Gasteiger partial charge >= 0.3 is 0 Å². The Morgan fingerprint density at radius 1 is 1.27 bits per heavy atom. The molecule has 7 nitrogen and oxygen atoms in total. The molecule has 26 heavy (non-hydrogen) atoms. The number of ether oxygens (including phenoxy) is 2. The maximum Gasteiger partial charge on any atom is 0.261 e. The fraction of sp³-hybridized carbons (Fsp3) is 0.421. The number of aromatic nitrogens is 2. The Labute approximate surface area is 153 Å². The second kappa shape index (κ2) is 7.70. The molecule has 0 radical (unpaired) electrons. The van der Waals surface area contributed by atoms with E-state index in [4.69, 9.17) is 9.47 Å². The van der Waals surface area contributed by atoms with Gasteiger partial charge in [0.25, 0.3) is 5.88 Å². The van der Waals surface area contributed by atoms with Crippen LogP contribution in [0.3, 0.4) is 0 Å². The van der Waals surface area contributed by atoms with E-state index in [0.29, 0.717) is 29.5 Å². The van der Waals surface area contributed by atoms with Crippen molar-refractivity contribution in [2.24, 2.45) is 0 Å². The lowest BCUT2D eigenvalue weighted by Gasteiger charge is -2.30. The molecule has 2 aromatic rings. The zero-order chi connectivity index (χ0) is 18.7. The van der Waals surface area contributed by atoms with Crippen molar-refractivity contribution >= 4 is 17.2 Å². The third kappa shape index (κ3) is 3.48. The van der Waals surface area contributed by atoms with Gasteiger partial charge in [-0.05, 0) is 38.2 Å². The van der Waals surface area contributed by atoms with Crippen molar-refractivity contribution in [3.05, 3.63) is 30.0 Å². The first-order valence-electron chi connectivity index (χ1n) is 8.82. The zero-order valence-electron chi connectivity index (χ0n) is 15.7. The van der Waals surface area contributed by atoms with Gasteiger partial charge in [-0.15, -0.1) is 5.10 Å². The number of hydrogen-bond donors (Lipinski definition) is 0. The van der Waals surface area contributed by atoms with Gasteiger partial charge < -0.3 is 19.3 Å². The standard InChI is InChI=1S/C19H24N4O3/c1-5-23(6-2)9-10-25-19-18-17(12-20-21-19)26-16-11-14(13(3)24)7-8-15(16)22(18)4/h7-8,11-12H,5-6,9-10H2,1-4H3. The lowest BCUT2D eigenvalue weighted by Crippen LogP contribution is -2.28. The summed E-state index contributed by atoms with van der Waals surface area (Å²) in [7, 11) is 1.92. The van der Waals surface area contributed by atoms with Crippen LogP contribution in [-0.2, 0) is 0 Å². The monoisotopic (exact) mass is 356 g/mol. The van der Waals surface area contributed by atoms with Crippen molar-refractivity contribution in [1.82, 2.24) is 15.1 Å². The van der Waals surface area contributed by atoms with Crippen molar-refractivity contribution < 1.29 is 14.3 Å². The lowest BCUT2D eigenvalue weighted by atomic mass is 10.1. The first-order valence-corrected chi connectivity index (χ1v) is 8.82. The molecule has 0 aliphatic carbocycles. The summed E-state index contributed by atoms with van der Waals surface area (Å²) in [5.41, 5.74) is 2.20. The summed E-state index contributed by atoms with van der Waals surface area (Å²) < 4.78 is 11.9. The number of carbonyl (C=O) groups excluding carboxylic acids is 1. The number of nitrogens with zero attached hydrogens (tertiary/aromatic N) is 4. The van der Waals surface area contributed by atoms with Crippen LogP contribution in [0.25, 0.3) is 0 Å². The molecule has 1 aliphatic heterocycles. The van der Waals surface area contributed by atoms with Crippen LogP contribution in [0.5, 0.6) is 17.4 Å². The highest BCUT2D eigenvalue weighted by atomic mass is 16.5. The van der Waals surface area contributed by atoms with Gasteiger partial charge in [-0.25, -0.2) is 0 Å². The molecule has 1 aliphatic rings. The summed E-state index contributed by atoms with van der Waals surface area (Å²) in [5.74, 6) is 1.62. The van der Waals surface area contributed by atoms with Gasteiger partial charge in [0.2, 0.25) is 0 Å². The van der Waals surface area contributed by atoms with Gasteiger partial charge in [-0.2, -0.15) is 5.10 Å². The van der Waals surface area contributed by atoms with E-state index in [1.807, 2.05) is 18.0 Å². The Balaban J connectivity index is 1.84. The smallest absolute Gasteiger partial charge is 0.261 e.